The van der Waals surface area contributed by atoms with Crippen molar-refractivity contribution in [1.82, 2.24) is 4.90 Å². The third kappa shape index (κ3) is 4.71. The first-order valence-electron chi connectivity index (χ1n) is 8.73. The highest BCUT2D eigenvalue weighted by molar-refractivity contribution is 4.88. The average Bonchev–Trinajstić information content (AvgIpc) is 2.48. The highest BCUT2D eigenvalue weighted by Gasteiger charge is 2.35. The Hall–Kier alpha value is -0.120. The van der Waals surface area contributed by atoms with Crippen LogP contribution < -0.4 is 0 Å². The topological polar surface area (TPSA) is 21.7 Å². The van der Waals surface area contributed by atoms with Crippen molar-refractivity contribution in [3.05, 3.63) is 0 Å². The van der Waals surface area contributed by atoms with Gasteiger partial charge in [-0.25, -0.2) is 0 Å². The lowest BCUT2D eigenvalue weighted by Crippen LogP contribution is -2.42. The van der Waals surface area contributed by atoms with Crippen molar-refractivity contribution >= 4 is 0 Å². The summed E-state index contributed by atoms with van der Waals surface area (Å²) in [6, 6.07) is 0. The molecule has 20 heavy (non-hydrogen) atoms. The molecule has 3 heteroatoms. The highest BCUT2D eigenvalue weighted by atomic mass is 16.7. The van der Waals surface area contributed by atoms with Gasteiger partial charge in [0.05, 0.1) is 0 Å². The highest BCUT2D eigenvalue weighted by Crippen LogP contribution is 2.44. The first kappa shape index (κ1) is 16.3. The molecule has 0 aromatic rings. The van der Waals surface area contributed by atoms with Crippen LogP contribution in [-0.4, -0.2) is 44.0 Å². The lowest BCUT2D eigenvalue weighted by molar-refractivity contribution is -0.142. The molecule has 0 N–H and O–H groups in total. The molecular weight excluding hydrogens is 250 g/mol. The number of rotatable bonds is 7. The molecule has 0 unspecified atom stereocenters. The average molecular weight is 283 g/mol. The van der Waals surface area contributed by atoms with Gasteiger partial charge in [0.1, 0.15) is 0 Å². The number of ether oxygens (including phenoxy) is 2. The van der Waals surface area contributed by atoms with Crippen LogP contribution in [-0.2, 0) is 9.47 Å². The van der Waals surface area contributed by atoms with E-state index in [2.05, 4.69) is 4.90 Å². The van der Waals surface area contributed by atoms with Crippen LogP contribution in [0.2, 0.25) is 0 Å². The van der Waals surface area contributed by atoms with Gasteiger partial charge < -0.3 is 14.4 Å². The number of nitrogens with zero attached hydrogens (tertiary/aromatic N) is 1. The predicted molar refractivity (Wildman–Crippen MR) is 82.8 cm³/mol. The van der Waals surface area contributed by atoms with Crippen molar-refractivity contribution in [3.8, 4) is 0 Å². The summed E-state index contributed by atoms with van der Waals surface area (Å²) in [5.74, 6) is 0. The second-order valence-electron chi connectivity index (χ2n) is 6.53. The summed E-state index contributed by atoms with van der Waals surface area (Å²) in [6.45, 7) is 9.26. The Morgan fingerprint density at radius 1 is 0.900 bits per heavy atom. The van der Waals surface area contributed by atoms with Crippen LogP contribution >= 0.6 is 0 Å². The first-order valence-corrected chi connectivity index (χ1v) is 8.73. The fourth-order valence-electron chi connectivity index (χ4n) is 3.93. The fraction of sp³-hybridized carbons (Fsp3) is 1.00. The van der Waals surface area contributed by atoms with Gasteiger partial charge in [-0.05, 0) is 58.0 Å². The minimum absolute atomic E-state index is 0.00410. The standard InChI is InChI=1S/C17H33NO2/c1-3-19-16(20-4-2)8-13-18-14-11-17(12-15-18)9-6-5-7-10-17/h16H,3-15H2,1-2H3. The Kier molecular flexibility index (Phi) is 6.79. The minimum Gasteiger partial charge on any atom is -0.353 e. The predicted octanol–water partition coefficient (Wildman–Crippen LogP) is 3.82. The van der Waals surface area contributed by atoms with Crippen molar-refractivity contribution in [2.24, 2.45) is 5.41 Å². The minimum atomic E-state index is -0.00410. The van der Waals surface area contributed by atoms with Gasteiger partial charge >= 0.3 is 0 Å². The molecule has 2 aliphatic rings. The third-order valence-corrected chi connectivity index (χ3v) is 5.22. The molecule has 1 heterocycles. The molecule has 1 aliphatic carbocycles. The number of hydrogen-bond donors (Lipinski definition) is 0. The summed E-state index contributed by atoms with van der Waals surface area (Å²) in [6.07, 6.45) is 11.2. The lowest BCUT2D eigenvalue weighted by Gasteiger charge is -2.44. The van der Waals surface area contributed by atoms with E-state index in [1.54, 1.807) is 0 Å². The largest absolute Gasteiger partial charge is 0.353 e. The van der Waals surface area contributed by atoms with Crippen molar-refractivity contribution in [1.29, 1.82) is 0 Å². The summed E-state index contributed by atoms with van der Waals surface area (Å²) in [7, 11) is 0. The molecule has 1 saturated heterocycles. The quantitative estimate of drug-likeness (QED) is 0.663. The van der Waals surface area contributed by atoms with Crippen LogP contribution in [0.5, 0.6) is 0 Å². The summed E-state index contributed by atoms with van der Waals surface area (Å²) >= 11 is 0. The fourth-order valence-corrected chi connectivity index (χ4v) is 3.93. The van der Waals surface area contributed by atoms with E-state index in [1.807, 2.05) is 13.8 Å². The van der Waals surface area contributed by atoms with E-state index in [9.17, 15) is 0 Å². The zero-order valence-electron chi connectivity index (χ0n) is 13.5. The normalized spacial score (nSPS) is 23.6. The van der Waals surface area contributed by atoms with Gasteiger partial charge in [-0.15, -0.1) is 0 Å². The lowest BCUT2D eigenvalue weighted by atomic mass is 9.68. The molecule has 0 bridgehead atoms. The van der Waals surface area contributed by atoms with Crippen molar-refractivity contribution in [2.75, 3.05) is 32.8 Å². The SMILES string of the molecule is CCOC(CCN1CCC2(CCCCC2)CC1)OCC. The van der Waals surface area contributed by atoms with Crippen LogP contribution in [0.4, 0.5) is 0 Å². The smallest absolute Gasteiger partial charge is 0.158 e. The summed E-state index contributed by atoms with van der Waals surface area (Å²) in [5, 5.41) is 0. The van der Waals surface area contributed by atoms with Crippen LogP contribution in [0.25, 0.3) is 0 Å². The summed E-state index contributed by atoms with van der Waals surface area (Å²) < 4.78 is 11.3. The van der Waals surface area contributed by atoms with Crippen LogP contribution in [0, 0.1) is 5.41 Å². The van der Waals surface area contributed by atoms with Gasteiger partial charge in [0.25, 0.3) is 0 Å². The van der Waals surface area contributed by atoms with Crippen LogP contribution in [0.1, 0.15) is 65.2 Å². The number of hydrogen-bond acceptors (Lipinski definition) is 3. The molecule has 118 valence electrons. The van der Waals surface area contributed by atoms with E-state index in [0.29, 0.717) is 5.41 Å². The van der Waals surface area contributed by atoms with Crippen LogP contribution in [0.15, 0.2) is 0 Å². The van der Waals surface area contributed by atoms with E-state index < -0.39 is 0 Å². The van der Waals surface area contributed by atoms with Gasteiger partial charge in [-0.1, -0.05) is 19.3 Å². The van der Waals surface area contributed by atoms with Gasteiger partial charge in [0.15, 0.2) is 6.29 Å². The zero-order chi connectivity index (χ0) is 14.3. The van der Waals surface area contributed by atoms with E-state index in [-0.39, 0.29) is 6.29 Å². The summed E-state index contributed by atoms with van der Waals surface area (Å²) in [4.78, 5) is 2.62. The number of likely N-dealkylation sites (tertiary alicyclic amines) is 1. The molecule has 1 saturated carbocycles. The molecule has 1 spiro atoms. The van der Waals surface area contributed by atoms with Crippen molar-refractivity contribution in [2.45, 2.75) is 71.5 Å². The molecule has 2 fully saturated rings. The monoisotopic (exact) mass is 283 g/mol. The maximum Gasteiger partial charge on any atom is 0.158 e. The van der Waals surface area contributed by atoms with Gasteiger partial charge in [0.2, 0.25) is 0 Å². The molecule has 0 aromatic carbocycles. The zero-order valence-corrected chi connectivity index (χ0v) is 13.5. The molecule has 0 radical (unpaired) electrons. The molecule has 0 atom stereocenters. The number of piperidine rings is 1. The van der Waals surface area contributed by atoms with Gasteiger partial charge in [0, 0.05) is 26.2 Å². The first-order chi connectivity index (χ1) is 9.78. The van der Waals surface area contributed by atoms with Crippen molar-refractivity contribution in [3.63, 3.8) is 0 Å². The Morgan fingerprint density at radius 3 is 2.05 bits per heavy atom. The van der Waals surface area contributed by atoms with Crippen LogP contribution in [0.3, 0.4) is 0 Å². The summed E-state index contributed by atoms with van der Waals surface area (Å²) in [5.41, 5.74) is 0.716. The second-order valence-corrected chi connectivity index (χ2v) is 6.53. The molecular formula is C17H33NO2. The second kappa shape index (κ2) is 8.35. The molecule has 1 aliphatic heterocycles. The van der Waals surface area contributed by atoms with E-state index in [0.717, 1.165) is 26.2 Å². The van der Waals surface area contributed by atoms with E-state index in [4.69, 9.17) is 9.47 Å². The van der Waals surface area contributed by atoms with E-state index >= 15 is 0 Å². The van der Waals surface area contributed by atoms with E-state index in [1.165, 1.54) is 58.0 Å². The Bertz CT molecular complexity index is 248. The Labute approximate surface area is 125 Å². The molecule has 3 nitrogen and oxygen atoms in total. The van der Waals surface area contributed by atoms with Crippen molar-refractivity contribution < 1.29 is 9.47 Å². The maximum atomic E-state index is 5.63. The molecule has 0 amide bonds. The molecule has 0 aromatic heterocycles. The maximum absolute atomic E-state index is 5.63. The Morgan fingerprint density at radius 2 is 1.50 bits per heavy atom. The van der Waals surface area contributed by atoms with Gasteiger partial charge in [-0.2, -0.15) is 0 Å². The third-order valence-electron chi connectivity index (χ3n) is 5.22. The Balaban J connectivity index is 1.68. The molecule has 2 rings (SSSR count). The van der Waals surface area contributed by atoms with Gasteiger partial charge in [-0.3, -0.25) is 0 Å².